The normalized spacial score (nSPS) is 11.1. The smallest absolute Gasteiger partial charge is 0.0230 e. The van der Waals surface area contributed by atoms with Crippen molar-refractivity contribution in [3.8, 4) is 0 Å². The summed E-state index contributed by atoms with van der Waals surface area (Å²) in [7, 11) is 0. The van der Waals surface area contributed by atoms with Crippen molar-refractivity contribution in [2.24, 2.45) is 5.92 Å². The second kappa shape index (κ2) is 5.16. The van der Waals surface area contributed by atoms with Crippen LogP contribution >= 0.6 is 0 Å². The summed E-state index contributed by atoms with van der Waals surface area (Å²) in [5.74, 6) is 1.97. The molecule has 1 aromatic rings. The first-order valence-electron chi connectivity index (χ1n) is 5.60. The van der Waals surface area contributed by atoms with Gasteiger partial charge in [0.1, 0.15) is 0 Å². The molecule has 0 atom stereocenters. The summed E-state index contributed by atoms with van der Waals surface area (Å²) in [4.78, 5) is 0. The lowest BCUT2D eigenvalue weighted by atomic mass is 9.93. The van der Waals surface area contributed by atoms with Gasteiger partial charge < -0.3 is 0 Å². The Morgan fingerprint density at radius 3 is 2.53 bits per heavy atom. The second-order valence-electron chi connectivity index (χ2n) is 4.69. The number of rotatable bonds is 4. The van der Waals surface area contributed by atoms with Gasteiger partial charge in [0, 0.05) is 5.92 Å². The third-order valence-corrected chi connectivity index (χ3v) is 2.54. The summed E-state index contributed by atoms with van der Waals surface area (Å²) in [5.41, 5.74) is 4.08. The van der Waals surface area contributed by atoms with E-state index in [0.29, 0.717) is 5.92 Å². The van der Waals surface area contributed by atoms with E-state index in [-0.39, 0.29) is 0 Å². The van der Waals surface area contributed by atoms with E-state index in [1.807, 2.05) is 6.08 Å². The number of benzene rings is 1. The number of hydrogen-bond donors (Lipinski definition) is 0. The molecule has 1 rings (SSSR count). The molecule has 0 nitrogen and oxygen atoms in total. The van der Waals surface area contributed by atoms with Gasteiger partial charge in [0.2, 0.25) is 0 Å². The lowest BCUT2D eigenvalue weighted by Crippen LogP contribution is -1.98. The van der Waals surface area contributed by atoms with Crippen LogP contribution in [0.15, 0.2) is 30.9 Å². The molecule has 0 aromatic heterocycles. The Balaban J connectivity index is 2.99. The summed E-state index contributed by atoms with van der Waals surface area (Å²) in [5, 5.41) is 0. The van der Waals surface area contributed by atoms with Crippen LogP contribution in [0.2, 0.25) is 0 Å². The Morgan fingerprint density at radius 1 is 1.33 bits per heavy atom. The summed E-state index contributed by atoms with van der Waals surface area (Å²) < 4.78 is 0. The Kier molecular flexibility index (Phi) is 4.14. The van der Waals surface area contributed by atoms with Gasteiger partial charge in [-0.25, -0.2) is 0 Å². The molecule has 81 valence electrons. The predicted molar refractivity (Wildman–Crippen MR) is 67.9 cm³/mol. The molecule has 0 fully saturated rings. The van der Waals surface area contributed by atoms with Gasteiger partial charge in [-0.3, -0.25) is 0 Å². The molecule has 0 saturated heterocycles. The number of hydrogen-bond acceptors (Lipinski definition) is 0. The van der Waals surface area contributed by atoms with Gasteiger partial charge in [0.05, 0.1) is 0 Å². The lowest BCUT2D eigenvalue weighted by molar-refractivity contribution is 0.646. The van der Waals surface area contributed by atoms with E-state index < -0.39 is 0 Å². The van der Waals surface area contributed by atoms with Crippen molar-refractivity contribution in [3.05, 3.63) is 53.5 Å². The minimum absolute atomic E-state index is 0.712. The fraction of sp³-hybridized carbons (Fsp3) is 0.400. The Hall–Kier alpha value is -1.04. The van der Waals surface area contributed by atoms with E-state index in [2.05, 4.69) is 52.5 Å². The van der Waals surface area contributed by atoms with Crippen LogP contribution in [0.4, 0.5) is 0 Å². The van der Waals surface area contributed by atoms with Crippen molar-refractivity contribution in [2.75, 3.05) is 0 Å². The SMILES string of the molecule is C=C[C](C)c1cc(C)cc(CC(C)C)c1. The topological polar surface area (TPSA) is 0 Å². The van der Waals surface area contributed by atoms with Crippen LogP contribution in [0.5, 0.6) is 0 Å². The van der Waals surface area contributed by atoms with E-state index in [4.69, 9.17) is 0 Å². The third-order valence-electron chi connectivity index (χ3n) is 2.54. The fourth-order valence-electron chi connectivity index (χ4n) is 1.80. The first-order valence-corrected chi connectivity index (χ1v) is 5.60. The predicted octanol–water partition coefficient (Wildman–Crippen LogP) is 4.32. The van der Waals surface area contributed by atoms with Gasteiger partial charge >= 0.3 is 0 Å². The highest BCUT2D eigenvalue weighted by molar-refractivity contribution is 5.40. The third kappa shape index (κ3) is 3.54. The van der Waals surface area contributed by atoms with E-state index in [0.717, 1.165) is 6.42 Å². The zero-order valence-electron chi connectivity index (χ0n) is 10.3. The van der Waals surface area contributed by atoms with E-state index in [1.54, 1.807) is 0 Å². The van der Waals surface area contributed by atoms with Gasteiger partial charge in [-0.15, -0.1) is 6.58 Å². The molecule has 0 unspecified atom stereocenters. The van der Waals surface area contributed by atoms with Gasteiger partial charge in [-0.2, -0.15) is 0 Å². The van der Waals surface area contributed by atoms with E-state index in [1.165, 1.54) is 22.6 Å². The summed E-state index contributed by atoms with van der Waals surface area (Å²) in [6, 6.07) is 6.78. The van der Waals surface area contributed by atoms with Crippen LogP contribution in [0.1, 0.15) is 37.5 Å². The molecule has 0 bridgehead atoms. The van der Waals surface area contributed by atoms with Gasteiger partial charge in [0.15, 0.2) is 0 Å². The summed E-state index contributed by atoms with van der Waals surface area (Å²) >= 11 is 0. The molecule has 15 heavy (non-hydrogen) atoms. The van der Waals surface area contributed by atoms with Crippen LogP contribution in [0.3, 0.4) is 0 Å². The van der Waals surface area contributed by atoms with Gasteiger partial charge in [-0.1, -0.05) is 50.6 Å². The maximum absolute atomic E-state index is 3.82. The molecule has 0 aliphatic carbocycles. The molecule has 0 aliphatic heterocycles. The monoisotopic (exact) mass is 201 g/mol. The average Bonchev–Trinajstić information content (AvgIpc) is 2.14. The molecule has 0 aliphatic rings. The van der Waals surface area contributed by atoms with Crippen LogP contribution in [0, 0.1) is 18.8 Å². The van der Waals surface area contributed by atoms with Gasteiger partial charge in [0.25, 0.3) is 0 Å². The molecule has 1 radical (unpaired) electrons. The largest absolute Gasteiger partial charge is 0.102 e. The Bertz CT molecular complexity index is 334. The molecule has 0 amide bonds. The van der Waals surface area contributed by atoms with Crippen molar-refractivity contribution in [1.82, 2.24) is 0 Å². The van der Waals surface area contributed by atoms with Crippen LogP contribution in [0.25, 0.3) is 0 Å². The highest BCUT2D eigenvalue weighted by atomic mass is 14.1. The standard InChI is InChI=1S/C15H21/c1-6-13(5)15-9-12(4)8-14(10-15)7-11(2)3/h6,8-11H,1,7H2,2-5H3. The molecule has 0 saturated carbocycles. The van der Waals surface area contributed by atoms with Crippen LogP contribution in [-0.2, 0) is 6.42 Å². The highest BCUT2D eigenvalue weighted by Gasteiger charge is 2.05. The molecule has 0 spiro atoms. The van der Waals surface area contributed by atoms with Crippen LogP contribution in [-0.4, -0.2) is 0 Å². The zero-order valence-corrected chi connectivity index (χ0v) is 10.3. The van der Waals surface area contributed by atoms with E-state index in [9.17, 15) is 0 Å². The molecule has 0 N–H and O–H groups in total. The Labute approximate surface area is 94.0 Å². The average molecular weight is 201 g/mol. The minimum atomic E-state index is 0.712. The van der Waals surface area contributed by atoms with Crippen molar-refractivity contribution >= 4 is 0 Å². The Morgan fingerprint density at radius 2 is 2.00 bits per heavy atom. The lowest BCUT2D eigenvalue weighted by Gasteiger charge is -2.11. The fourth-order valence-corrected chi connectivity index (χ4v) is 1.80. The quantitative estimate of drug-likeness (QED) is 0.680. The zero-order chi connectivity index (χ0) is 11.4. The van der Waals surface area contributed by atoms with Crippen molar-refractivity contribution in [3.63, 3.8) is 0 Å². The first kappa shape index (κ1) is 12.0. The summed E-state index contributed by atoms with van der Waals surface area (Å²) in [6.45, 7) is 12.6. The number of allylic oxidation sites excluding steroid dienone is 1. The maximum atomic E-state index is 3.82. The first-order chi connectivity index (χ1) is 7.02. The second-order valence-corrected chi connectivity index (χ2v) is 4.69. The molecule has 0 heteroatoms. The highest BCUT2D eigenvalue weighted by Crippen LogP contribution is 2.20. The molecule has 0 heterocycles. The van der Waals surface area contributed by atoms with Crippen molar-refractivity contribution in [1.29, 1.82) is 0 Å². The molecular weight excluding hydrogens is 180 g/mol. The number of aryl methyl sites for hydroxylation is 1. The molecular formula is C15H21. The molecule has 1 aromatic carbocycles. The van der Waals surface area contributed by atoms with Crippen molar-refractivity contribution in [2.45, 2.75) is 34.1 Å². The van der Waals surface area contributed by atoms with Gasteiger partial charge in [-0.05, 0) is 30.4 Å². The van der Waals surface area contributed by atoms with Crippen molar-refractivity contribution < 1.29 is 0 Å². The summed E-state index contributed by atoms with van der Waals surface area (Å²) in [6.07, 6.45) is 3.08. The maximum Gasteiger partial charge on any atom is 0.0230 e. The van der Waals surface area contributed by atoms with E-state index >= 15 is 0 Å². The minimum Gasteiger partial charge on any atom is -0.102 e. The van der Waals surface area contributed by atoms with Crippen LogP contribution < -0.4 is 0 Å².